The number of imidazole rings is 2. The van der Waals surface area contributed by atoms with Crippen LogP contribution in [0.3, 0.4) is 0 Å². The van der Waals surface area contributed by atoms with Crippen molar-refractivity contribution < 1.29 is 27.9 Å². The van der Waals surface area contributed by atoms with Crippen molar-refractivity contribution in [1.29, 1.82) is 0 Å². The summed E-state index contributed by atoms with van der Waals surface area (Å²) in [6.45, 7) is 1.62. The van der Waals surface area contributed by atoms with Gasteiger partial charge in [-0.05, 0) is 75.3 Å². The van der Waals surface area contributed by atoms with Gasteiger partial charge < -0.3 is 25.2 Å². The molecule has 5 aromatic rings. The predicted octanol–water partition coefficient (Wildman–Crippen LogP) is 3.75. The van der Waals surface area contributed by atoms with Gasteiger partial charge in [0.05, 0.1) is 35.5 Å². The van der Waals surface area contributed by atoms with Crippen LogP contribution in [-0.2, 0) is 23.1 Å². The Bertz CT molecular complexity index is 2610. The number of ether oxygens (including phenoxy) is 1. The number of benzene rings is 2. The minimum absolute atomic E-state index is 0.120. The van der Waals surface area contributed by atoms with Crippen molar-refractivity contribution in [3.8, 4) is 5.75 Å². The van der Waals surface area contributed by atoms with Gasteiger partial charge in [0.2, 0.25) is 11.8 Å². The summed E-state index contributed by atoms with van der Waals surface area (Å²) >= 11 is 0. The molecule has 0 radical (unpaired) electrons. The largest absolute Gasteiger partial charge is 0.490 e. The number of carbonyl (C=O) groups is 3. The van der Waals surface area contributed by atoms with Gasteiger partial charge in [0.1, 0.15) is 17.9 Å². The van der Waals surface area contributed by atoms with Crippen LogP contribution in [-0.4, -0.2) is 110 Å². The standard InChI is InChI=1S/C42H47F2N11O5/c1-45-28-21-36(49-55-33(22-46-38(28)55)40(58)47-24-6-7-24)53-19-14-27-29(53)4-3-5-34(27)60-26-12-16-51(17-13-26)35-15-18-52(23-42(35,43)44)25-8-9-30-32(20-25)50(2)41(59)54(30)31-10-11-37(56)48-39(31)57/h3-5,8-9,20-22,24,26,31,35,45H,6-7,10-19,23H2,1-2H3,(H,47,58)(H,48,56,57)/t31?,35-/m0/s1. The molecule has 3 saturated heterocycles. The summed E-state index contributed by atoms with van der Waals surface area (Å²) in [4.78, 5) is 60.8. The number of imide groups is 1. The smallest absolute Gasteiger partial charge is 0.329 e. The van der Waals surface area contributed by atoms with Crippen molar-refractivity contribution >= 4 is 57.3 Å². The molecule has 4 aliphatic heterocycles. The number of piperidine rings is 3. The summed E-state index contributed by atoms with van der Waals surface area (Å²) in [5, 5.41) is 13.4. The van der Waals surface area contributed by atoms with E-state index >= 15 is 8.78 Å². The van der Waals surface area contributed by atoms with Crippen LogP contribution < -0.4 is 36.2 Å². The summed E-state index contributed by atoms with van der Waals surface area (Å²) in [5.41, 5.74) is 4.98. The van der Waals surface area contributed by atoms with Crippen LogP contribution >= 0.6 is 0 Å². The molecular formula is C42H47F2N11O5. The van der Waals surface area contributed by atoms with Gasteiger partial charge in [0.15, 0.2) is 17.2 Å². The average Bonchev–Trinajstić information content (AvgIpc) is 3.66. The van der Waals surface area contributed by atoms with E-state index in [9.17, 15) is 19.2 Å². The molecular weight excluding hydrogens is 777 g/mol. The van der Waals surface area contributed by atoms with Gasteiger partial charge in [-0.2, -0.15) is 0 Å². The molecule has 0 spiro atoms. The number of amides is 3. The number of carbonyl (C=O) groups excluding carboxylic acids is 3. The number of fused-ring (bicyclic) bond motifs is 3. The number of likely N-dealkylation sites (tertiary alicyclic amines) is 1. The summed E-state index contributed by atoms with van der Waals surface area (Å²) in [7, 11) is 3.41. The van der Waals surface area contributed by atoms with Gasteiger partial charge in [0.25, 0.3) is 11.8 Å². The van der Waals surface area contributed by atoms with Gasteiger partial charge in [-0.25, -0.2) is 23.1 Å². The van der Waals surface area contributed by atoms with Crippen LogP contribution in [0.1, 0.15) is 67.0 Å². The molecule has 18 heteroatoms. The molecule has 16 nitrogen and oxygen atoms in total. The SMILES string of the molecule is CNc1cc(N2CCc3c(OC4CCN([C@H]5CCN(c6ccc7c(c6)n(C)c(=O)n7C6CCC(=O)NC6=O)CC5(F)F)CC4)cccc32)nn2c(C(=O)NC3CC3)cnc12. The highest BCUT2D eigenvalue weighted by Crippen LogP contribution is 2.41. The Morgan fingerprint density at radius 1 is 0.950 bits per heavy atom. The lowest BCUT2D eigenvalue weighted by Gasteiger charge is -2.46. The van der Waals surface area contributed by atoms with E-state index in [-0.39, 0.29) is 43.2 Å². The fourth-order valence-corrected chi connectivity index (χ4v) is 9.53. The number of hydrogen-bond acceptors (Lipinski definition) is 11. The Hall–Kier alpha value is -6.04. The maximum Gasteiger partial charge on any atom is 0.329 e. The molecule has 314 valence electrons. The number of halogens is 2. The van der Waals surface area contributed by atoms with Crippen LogP contribution in [0.25, 0.3) is 16.7 Å². The number of nitrogens with one attached hydrogen (secondary N) is 3. The van der Waals surface area contributed by atoms with Crippen LogP contribution in [0, 0.1) is 0 Å². The van der Waals surface area contributed by atoms with E-state index in [0.29, 0.717) is 72.9 Å². The number of alkyl halides is 2. The molecule has 1 saturated carbocycles. The summed E-state index contributed by atoms with van der Waals surface area (Å²) in [6.07, 6.45) is 5.99. The highest BCUT2D eigenvalue weighted by molar-refractivity contribution is 6.00. The molecule has 10 rings (SSSR count). The maximum absolute atomic E-state index is 16.1. The first kappa shape index (κ1) is 38.2. The monoisotopic (exact) mass is 823 g/mol. The molecule has 3 amide bonds. The highest BCUT2D eigenvalue weighted by atomic mass is 19.3. The van der Waals surface area contributed by atoms with Crippen molar-refractivity contribution in [2.45, 2.75) is 81.5 Å². The quantitative estimate of drug-likeness (QED) is 0.186. The third-order valence-electron chi connectivity index (χ3n) is 12.9. The number of hydrogen-bond donors (Lipinski definition) is 3. The van der Waals surface area contributed by atoms with Crippen molar-refractivity contribution in [2.24, 2.45) is 7.05 Å². The van der Waals surface area contributed by atoms with Gasteiger partial charge in [-0.3, -0.25) is 33.7 Å². The third-order valence-corrected chi connectivity index (χ3v) is 12.9. The van der Waals surface area contributed by atoms with Crippen molar-refractivity contribution in [3.05, 3.63) is 70.4 Å². The summed E-state index contributed by atoms with van der Waals surface area (Å²) in [6, 6.07) is 11.6. The molecule has 5 aliphatic rings. The molecule has 0 bridgehead atoms. The summed E-state index contributed by atoms with van der Waals surface area (Å²) in [5.74, 6) is -2.61. The van der Waals surface area contributed by atoms with E-state index in [0.717, 1.165) is 42.0 Å². The molecule has 1 unspecified atom stereocenters. The number of aromatic nitrogens is 5. The maximum atomic E-state index is 16.1. The van der Waals surface area contributed by atoms with Crippen molar-refractivity contribution in [1.82, 2.24) is 39.3 Å². The normalized spacial score (nSPS) is 22.3. The Morgan fingerprint density at radius 2 is 1.77 bits per heavy atom. The Balaban J connectivity index is 0.793. The lowest BCUT2D eigenvalue weighted by Crippen LogP contribution is -2.60. The number of nitrogens with zero attached hydrogens (tertiary/aromatic N) is 8. The zero-order chi connectivity index (χ0) is 41.4. The first-order chi connectivity index (χ1) is 29.0. The summed E-state index contributed by atoms with van der Waals surface area (Å²) < 4.78 is 43.2. The van der Waals surface area contributed by atoms with E-state index in [2.05, 4.69) is 25.8 Å². The van der Waals surface area contributed by atoms with E-state index < -0.39 is 36.1 Å². The molecule has 2 aromatic carbocycles. The van der Waals surface area contributed by atoms with Crippen molar-refractivity contribution in [2.75, 3.05) is 54.9 Å². The third kappa shape index (κ3) is 6.60. The molecule has 1 aliphatic carbocycles. The molecule has 4 fully saturated rings. The molecule has 3 N–H and O–H groups in total. The van der Waals surface area contributed by atoms with Crippen LogP contribution in [0.2, 0.25) is 0 Å². The average molecular weight is 824 g/mol. The van der Waals surface area contributed by atoms with Crippen LogP contribution in [0.15, 0.2) is 53.5 Å². The number of rotatable bonds is 9. The molecule has 3 aromatic heterocycles. The second kappa shape index (κ2) is 14.6. The highest BCUT2D eigenvalue weighted by Gasteiger charge is 2.48. The predicted molar refractivity (Wildman–Crippen MR) is 220 cm³/mol. The van der Waals surface area contributed by atoms with Crippen LogP contribution in [0.4, 0.5) is 31.7 Å². The minimum Gasteiger partial charge on any atom is -0.490 e. The zero-order valence-corrected chi connectivity index (χ0v) is 33.5. The second-order valence-corrected chi connectivity index (χ2v) is 16.6. The fourth-order valence-electron chi connectivity index (χ4n) is 9.53. The zero-order valence-electron chi connectivity index (χ0n) is 33.5. The van der Waals surface area contributed by atoms with Crippen molar-refractivity contribution in [3.63, 3.8) is 0 Å². The molecule has 60 heavy (non-hydrogen) atoms. The van der Waals surface area contributed by atoms with Gasteiger partial charge >= 0.3 is 5.69 Å². The number of anilines is 4. The van der Waals surface area contributed by atoms with Crippen LogP contribution in [0.5, 0.6) is 5.75 Å². The Labute approximate surface area is 343 Å². The van der Waals surface area contributed by atoms with E-state index in [1.54, 1.807) is 40.9 Å². The Kier molecular flexibility index (Phi) is 9.29. The minimum atomic E-state index is -2.99. The first-order valence-corrected chi connectivity index (χ1v) is 20.8. The van der Waals surface area contributed by atoms with E-state index in [1.165, 1.54) is 9.13 Å². The van der Waals surface area contributed by atoms with E-state index in [4.69, 9.17) is 9.84 Å². The molecule has 7 heterocycles. The van der Waals surface area contributed by atoms with Gasteiger partial charge in [-0.15, -0.1) is 5.10 Å². The molecule has 2 atom stereocenters. The van der Waals surface area contributed by atoms with E-state index in [1.807, 2.05) is 36.2 Å². The first-order valence-electron chi connectivity index (χ1n) is 20.8. The van der Waals surface area contributed by atoms with Gasteiger partial charge in [0, 0.05) is 75.7 Å². The topological polar surface area (TPSA) is 163 Å². The second-order valence-electron chi connectivity index (χ2n) is 16.6. The Morgan fingerprint density at radius 3 is 2.52 bits per heavy atom. The number of aryl methyl sites for hydroxylation is 1. The lowest BCUT2D eigenvalue weighted by molar-refractivity contribution is -0.135. The van der Waals surface area contributed by atoms with Gasteiger partial charge in [-0.1, -0.05) is 6.07 Å². The lowest BCUT2D eigenvalue weighted by atomic mass is 9.95. The fraction of sp³-hybridized carbons (Fsp3) is 0.476.